The fourth-order valence-corrected chi connectivity index (χ4v) is 3.90. The first-order valence-corrected chi connectivity index (χ1v) is 9.34. The second-order valence-electron chi connectivity index (χ2n) is 6.84. The first-order chi connectivity index (χ1) is 11.6. The molecule has 0 radical (unpaired) electrons. The summed E-state index contributed by atoms with van der Waals surface area (Å²) in [7, 11) is 0. The first kappa shape index (κ1) is 17.3. The molecule has 1 aromatic rings. The van der Waals surface area contributed by atoms with E-state index in [1.54, 1.807) is 12.1 Å². The van der Waals surface area contributed by atoms with Crippen LogP contribution in [-0.4, -0.2) is 47.8 Å². The van der Waals surface area contributed by atoms with Crippen LogP contribution in [0, 0.1) is 5.92 Å². The Bertz CT molecular complexity index is 591. The van der Waals surface area contributed by atoms with E-state index in [0.29, 0.717) is 28.8 Å². The summed E-state index contributed by atoms with van der Waals surface area (Å²) in [5, 5.41) is 0.515. The molecule has 0 atom stereocenters. The largest absolute Gasteiger partial charge is 0.343 e. The fourth-order valence-electron chi connectivity index (χ4n) is 3.68. The van der Waals surface area contributed by atoms with E-state index >= 15 is 0 Å². The fraction of sp³-hybridized carbons (Fsp3) is 0.579. The lowest BCUT2D eigenvalue weighted by atomic mass is 9.91. The molecule has 5 heteroatoms. The van der Waals surface area contributed by atoms with Gasteiger partial charge in [-0.05, 0) is 50.2 Å². The number of amides is 2. The third-order valence-electron chi connectivity index (χ3n) is 5.23. The molecule has 130 valence electrons. The van der Waals surface area contributed by atoms with Crippen molar-refractivity contribution in [2.24, 2.45) is 5.92 Å². The molecule has 0 bridgehead atoms. The molecule has 2 saturated heterocycles. The van der Waals surface area contributed by atoms with Crippen molar-refractivity contribution in [2.75, 3.05) is 26.2 Å². The zero-order valence-electron chi connectivity index (χ0n) is 14.0. The van der Waals surface area contributed by atoms with E-state index in [0.717, 1.165) is 58.3 Å². The summed E-state index contributed by atoms with van der Waals surface area (Å²) >= 11 is 6.12. The number of nitrogens with zero attached hydrogens (tertiary/aromatic N) is 2. The van der Waals surface area contributed by atoms with Crippen molar-refractivity contribution in [2.45, 2.75) is 38.5 Å². The van der Waals surface area contributed by atoms with E-state index in [4.69, 9.17) is 11.6 Å². The Kier molecular flexibility index (Phi) is 5.77. The van der Waals surface area contributed by atoms with Gasteiger partial charge in [0, 0.05) is 32.6 Å². The minimum atomic E-state index is 0.0205. The molecule has 3 rings (SSSR count). The quantitative estimate of drug-likeness (QED) is 0.834. The number of halogens is 1. The number of hydrogen-bond acceptors (Lipinski definition) is 2. The van der Waals surface area contributed by atoms with Crippen molar-refractivity contribution in [3.63, 3.8) is 0 Å². The second-order valence-corrected chi connectivity index (χ2v) is 7.25. The molecule has 0 spiro atoms. The molecule has 1 aromatic carbocycles. The Morgan fingerprint density at radius 1 is 1.00 bits per heavy atom. The minimum Gasteiger partial charge on any atom is -0.343 e. The Hall–Kier alpha value is -1.55. The highest BCUT2D eigenvalue weighted by Crippen LogP contribution is 2.25. The van der Waals surface area contributed by atoms with Gasteiger partial charge in [-0.1, -0.05) is 23.7 Å². The molecule has 24 heavy (non-hydrogen) atoms. The number of rotatable bonds is 4. The van der Waals surface area contributed by atoms with Crippen LogP contribution in [0.5, 0.6) is 0 Å². The van der Waals surface area contributed by atoms with Crippen LogP contribution in [0.1, 0.15) is 48.9 Å². The maximum atomic E-state index is 12.5. The maximum Gasteiger partial charge on any atom is 0.255 e. The Labute approximate surface area is 148 Å². The highest BCUT2D eigenvalue weighted by atomic mass is 35.5. The van der Waals surface area contributed by atoms with Crippen LogP contribution in [0.3, 0.4) is 0 Å². The van der Waals surface area contributed by atoms with Crippen LogP contribution in [-0.2, 0) is 4.79 Å². The molecular formula is C19H25ClN2O2. The van der Waals surface area contributed by atoms with Gasteiger partial charge in [0.25, 0.3) is 5.91 Å². The van der Waals surface area contributed by atoms with Gasteiger partial charge in [-0.3, -0.25) is 9.59 Å². The number of benzene rings is 1. The van der Waals surface area contributed by atoms with Gasteiger partial charge in [0.1, 0.15) is 0 Å². The van der Waals surface area contributed by atoms with Gasteiger partial charge < -0.3 is 9.80 Å². The van der Waals surface area contributed by atoms with Crippen LogP contribution in [0.25, 0.3) is 0 Å². The molecule has 4 nitrogen and oxygen atoms in total. The van der Waals surface area contributed by atoms with E-state index in [2.05, 4.69) is 0 Å². The second kappa shape index (κ2) is 8.02. The van der Waals surface area contributed by atoms with Crippen molar-refractivity contribution in [3.8, 4) is 0 Å². The third kappa shape index (κ3) is 4.10. The number of piperidine rings is 1. The van der Waals surface area contributed by atoms with E-state index in [9.17, 15) is 9.59 Å². The summed E-state index contributed by atoms with van der Waals surface area (Å²) < 4.78 is 0. The van der Waals surface area contributed by atoms with Crippen molar-refractivity contribution in [3.05, 3.63) is 34.9 Å². The SMILES string of the molecule is O=C(CCC1CCN(C(=O)c2ccccc2Cl)CC1)N1CCCC1. The Morgan fingerprint density at radius 2 is 1.67 bits per heavy atom. The molecule has 0 saturated carbocycles. The molecule has 2 aliphatic rings. The van der Waals surface area contributed by atoms with Crippen LogP contribution in [0.2, 0.25) is 5.02 Å². The molecule has 0 aliphatic carbocycles. The van der Waals surface area contributed by atoms with Crippen molar-refractivity contribution in [1.82, 2.24) is 9.80 Å². The Morgan fingerprint density at radius 3 is 2.33 bits per heavy atom. The van der Waals surface area contributed by atoms with Crippen LogP contribution < -0.4 is 0 Å². The van der Waals surface area contributed by atoms with Crippen molar-refractivity contribution in [1.29, 1.82) is 0 Å². The summed E-state index contributed by atoms with van der Waals surface area (Å²) in [6.07, 6.45) is 5.85. The third-order valence-corrected chi connectivity index (χ3v) is 5.56. The molecule has 0 N–H and O–H groups in total. The van der Waals surface area contributed by atoms with Gasteiger partial charge >= 0.3 is 0 Å². The van der Waals surface area contributed by atoms with E-state index in [1.807, 2.05) is 21.9 Å². The summed E-state index contributed by atoms with van der Waals surface area (Å²) in [6, 6.07) is 7.22. The van der Waals surface area contributed by atoms with Gasteiger partial charge in [-0.15, -0.1) is 0 Å². The summed E-state index contributed by atoms with van der Waals surface area (Å²) in [5.74, 6) is 0.876. The van der Waals surface area contributed by atoms with Gasteiger partial charge in [-0.25, -0.2) is 0 Å². The zero-order chi connectivity index (χ0) is 16.9. The molecule has 0 unspecified atom stereocenters. The lowest BCUT2D eigenvalue weighted by molar-refractivity contribution is -0.130. The number of carbonyl (C=O) groups excluding carboxylic acids is 2. The zero-order valence-corrected chi connectivity index (χ0v) is 14.8. The smallest absolute Gasteiger partial charge is 0.255 e. The first-order valence-electron chi connectivity index (χ1n) is 8.97. The van der Waals surface area contributed by atoms with Crippen LogP contribution in [0.4, 0.5) is 0 Å². The monoisotopic (exact) mass is 348 g/mol. The molecule has 2 amide bonds. The van der Waals surface area contributed by atoms with Gasteiger partial charge in [0.05, 0.1) is 10.6 Å². The standard InChI is InChI=1S/C19H25ClN2O2/c20-17-6-2-1-5-16(17)19(24)22-13-9-15(10-14-22)7-8-18(23)21-11-3-4-12-21/h1-2,5-6,15H,3-4,7-14H2. The number of likely N-dealkylation sites (tertiary alicyclic amines) is 2. The van der Waals surface area contributed by atoms with E-state index in [1.165, 1.54) is 0 Å². The summed E-state index contributed by atoms with van der Waals surface area (Å²) in [4.78, 5) is 28.6. The minimum absolute atomic E-state index is 0.0205. The number of carbonyl (C=O) groups is 2. The van der Waals surface area contributed by atoms with Crippen LogP contribution >= 0.6 is 11.6 Å². The molecule has 2 heterocycles. The predicted molar refractivity (Wildman–Crippen MR) is 95.1 cm³/mol. The van der Waals surface area contributed by atoms with E-state index in [-0.39, 0.29) is 5.91 Å². The van der Waals surface area contributed by atoms with E-state index < -0.39 is 0 Å². The normalized spacial score (nSPS) is 18.9. The van der Waals surface area contributed by atoms with Crippen molar-refractivity contribution < 1.29 is 9.59 Å². The topological polar surface area (TPSA) is 40.6 Å². The van der Waals surface area contributed by atoms with Gasteiger partial charge in [-0.2, -0.15) is 0 Å². The summed E-state index contributed by atoms with van der Waals surface area (Å²) in [5.41, 5.74) is 0.585. The molecule has 0 aromatic heterocycles. The lowest BCUT2D eigenvalue weighted by Crippen LogP contribution is -2.39. The van der Waals surface area contributed by atoms with Gasteiger partial charge in [0.2, 0.25) is 5.91 Å². The molecular weight excluding hydrogens is 324 g/mol. The average molecular weight is 349 g/mol. The average Bonchev–Trinajstić information content (AvgIpc) is 3.15. The lowest BCUT2D eigenvalue weighted by Gasteiger charge is -2.32. The predicted octanol–water partition coefficient (Wildman–Crippen LogP) is 3.59. The van der Waals surface area contributed by atoms with Crippen molar-refractivity contribution >= 4 is 23.4 Å². The molecule has 2 aliphatic heterocycles. The van der Waals surface area contributed by atoms with Crippen LogP contribution in [0.15, 0.2) is 24.3 Å². The molecule has 2 fully saturated rings. The maximum absolute atomic E-state index is 12.5. The number of hydrogen-bond donors (Lipinski definition) is 0. The Balaban J connectivity index is 1.45. The highest BCUT2D eigenvalue weighted by molar-refractivity contribution is 6.33. The highest BCUT2D eigenvalue weighted by Gasteiger charge is 2.26. The van der Waals surface area contributed by atoms with Gasteiger partial charge in [0.15, 0.2) is 0 Å². The summed E-state index contributed by atoms with van der Waals surface area (Å²) in [6.45, 7) is 3.38.